The van der Waals surface area contributed by atoms with Gasteiger partial charge in [0.25, 0.3) is 0 Å². The Morgan fingerprint density at radius 2 is 1.76 bits per heavy atom. The van der Waals surface area contributed by atoms with Crippen molar-refractivity contribution >= 4 is 55.1 Å². The van der Waals surface area contributed by atoms with E-state index in [1.807, 2.05) is 30.3 Å². The van der Waals surface area contributed by atoms with Gasteiger partial charge in [-0.15, -0.1) is 0 Å². The van der Waals surface area contributed by atoms with Crippen LogP contribution < -0.4 is 9.47 Å². The van der Waals surface area contributed by atoms with Crippen LogP contribution in [0, 0.1) is 0 Å². The maximum absolute atomic E-state index is 6.30. The van der Waals surface area contributed by atoms with E-state index in [0.29, 0.717) is 21.5 Å². The highest BCUT2D eigenvalue weighted by molar-refractivity contribution is 9.10. The van der Waals surface area contributed by atoms with Gasteiger partial charge >= 0.3 is 0 Å². The van der Waals surface area contributed by atoms with E-state index in [2.05, 4.69) is 31.9 Å². The van der Waals surface area contributed by atoms with E-state index in [1.54, 1.807) is 14.2 Å². The fraction of sp³-hybridized carbons (Fsp3) is 0.200. The second-order valence-corrected chi connectivity index (χ2v) is 6.80. The molecule has 0 aliphatic carbocycles. The van der Waals surface area contributed by atoms with Gasteiger partial charge in [0.2, 0.25) is 0 Å². The Kier molecular flexibility index (Phi) is 5.83. The third kappa shape index (κ3) is 3.50. The van der Waals surface area contributed by atoms with E-state index in [9.17, 15) is 0 Å². The first-order chi connectivity index (χ1) is 9.99. The van der Waals surface area contributed by atoms with Crippen molar-refractivity contribution in [3.8, 4) is 11.5 Å². The Balaban J connectivity index is 2.50. The van der Waals surface area contributed by atoms with Crippen molar-refractivity contribution in [3.05, 3.63) is 56.0 Å². The minimum Gasteiger partial charge on any atom is -0.495 e. The molecule has 0 aromatic heterocycles. The summed E-state index contributed by atoms with van der Waals surface area (Å²) in [6.07, 6.45) is 0. The SMILES string of the molecule is COc1ccc(C(Br)c2ccc(Br)c(Cl)c2)c(OC)c1Cl. The molecule has 0 radical (unpaired) electrons. The van der Waals surface area contributed by atoms with Crippen LogP contribution in [-0.4, -0.2) is 14.2 Å². The molecule has 0 amide bonds. The lowest BCUT2D eigenvalue weighted by atomic mass is 10.0. The summed E-state index contributed by atoms with van der Waals surface area (Å²) >= 11 is 19.5. The maximum atomic E-state index is 6.30. The van der Waals surface area contributed by atoms with E-state index in [1.165, 1.54) is 0 Å². The fourth-order valence-corrected chi connectivity index (χ4v) is 3.37. The third-order valence-corrected chi connectivity index (χ3v) is 5.64. The van der Waals surface area contributed by atoms with Crippen molar-refractivity contribution in [2.24, 2.45) is 0 Å². The smallest absolute Gasteiger partial charge is 0.145 e. The van der Waals surface area contributed by atoms with Crippen molar-refractivity contribution < 1.29 is 9.47 Å². The molecule has 112 valence electrons. The van der Waals surface area contributed by atoms with Crippen LogP contribution in [0.15, 0.2) is 34.8 Å². The lowest BCUT2D eigenvalue weighted by Gasteiger charge is -2.18. The first kappa shape index (κ1) is 16.9. The molecule has 1 unspecified atom stereocenters. The summed E-state index contributed by atoms with van der Waals surface area (Å²) in [5, 5.41) is 1.10. The summed E-state index contributed by atoms with van der Waals surface area (Å²) in [6, 6.07) is 9.51. The Labute approximate surface area is 150 Å². The Morgan fingerprint density at radius 3 is 2.33 bits per heavy atom. The largest absolute Gasteiger partial charge is 0.495 e. The molecular weight excluding hydrogens is 443 g/mol. The molecule has 21 heavy (non-hydrogen) atoms. The summed E-state index contributed by atoms with van der Waals surface area (Å²) in [5.74, 6) is 1.16. The van der Waals surface area contributed by atoms with Crippen molar-refractivity contribution in [1.82, 2.24) is 0 Å². The second-order valence-electron chi connectivity index (χ2n) is 4.24. The average molecular weight is 455 g/mol. The molecule has 0 aliphatic rings. The lowest BCUT2D eigenvalue weighted by Crippen LogP contribution is -1.99. The molecule has 0 bridgehead atoms. The van der Waals surface area contributed by atoms with Gasteiger partial charge in [0, 0.05) is 10.0 Å². The van der Waals surface area contributed by atoms with Gasteiger partial charge in [-0.1, -0.05) is 51.3 Å². The maximum Gasteiger partial charge on any atom is 0.145 e. The molecule has 6 heteroatoms. The minimum atomic E-state index is -0.0959. The number of methoxy groups -OCH3 is 2. The Morgan fingerprint density at radius 1 is 1.05 bits per heavy atom. The Hall–Kier alpha value is -0.420. The van der Waals surface area contributed by atoms with Crippen LogP contribution in [-0.2, 0) is 0 Å². The number of benzene rings is 2. The van der Waals surface area contributed by atoms with Gasteiger partial charge in [0.1, 0.15) is 16.5 Å². The Bertz CT molecular complexity index is 662. The van der Waals surface area contributed by atoms with Gasteiger partial charge in [0.05, 0.1) is 24.1 Å². The molecule has 0 heterocycles. The molecule has 0 N–H and O–H groups in total. The minimum absolute atomic E-state index is 0.0959. The van der Waals surface area contributed by atoms with Crippen LogP contribution in [0.4, 0.5) is 0 Å². The summed E-state index contributed by atoms with van der Waals surface area (Å²) < 4.78 is 11.5. The van der Waals surface area contributed by atoms with Gasteiger partial charge < -0.3 is 9.47 Å². The van der Waals surface area contributed by atoms with E-state index >= 15 is 0 Å². The summed E-state index contributed by atoms with van der Waals surface area (Å²) in [6.45, 7) is 0. The number of rotatable bonds is 4. The second kappa shape index (κ2) is 7.23. The molecule has 1 atom stereocenters. The van der Waals surface area contributed by atoms with E-state index in [4.69, 9.17) is 32.7 Å². The molecule has 0 fully saturated rings. The molecular formula is C15H12Br2Cl2O2. The topological polar surface area (TPSA) is 18.5 Å². The van der Waals surface area contributed by atoms with Gasteiger partial charge in [-0.25, -0.2) is 0 Å². The average Bonchev–Trinajstić information content (AvgIpc) is 2.49. The van der Waals surface area contributed by atoms with Crippen molar-refractivity contribution in [3.63, 3.8) is 0 Å². The fourth-order valence-electron chi connectivity index (χ4n) is 1.97. The monoisotopic (exact) mass is 452 g/mol. The predicted molar refractivity (Wildman–Crippen MR) is 94.5 cm³/mol. The number of hydrogen-bond donors (Lipinski definition) is 0. The van der Waals surface area contributed by atoms with Crippen LogP contribution in [0.3, 0.4) is 0 Å². The van der Waals surface area contributed by atoms with Crippen LogP contribution in [0.25, 0.3) is 0 Å². The van der Waals surface area contributed by atoms with Gasteiger partial charge in [-0.05, 0) is 39.7 Å². The highest BCUT2D eigenvalue weighted by Crippen LogP contribution is 2.44. The van der Waals surface area contributed by atoms with Gasteiger partial charge in [-0.2, -0.15) is 0 Å². The van der Waals surface area contributed by atoms with Crippen LogP contribution >= 0.6 is 55.1 Å². The van der Waals surface area contributed by atoms with E-state index < -0.39 is 0 Å². The normalized spacial score (nSPS) is 12.1. The van der Waals surface area contributed by atoms with Crippen LogP contribution in [0.1, 0.15) is 16.0 Å². The molecule has 0 aliphatic heterocycles. The van der Waals surface area contributed by atoms with E-state index in [-0.39, 0.29) is 4.83 Å². The zero-order valence-corrected chi connectivity index (χ0v) is 16.0. The van der Waals surface area contributed by atoms with Crippen LogP contribution in [0.5, 0.6) is 11.5 Å². The van der Waals surface area contributed by atoms with Crippen molar-refractivity contribution in [2.45, 2.75) is 4.83 Å². The molecule has 2 nitrogen and oxygen atoms in total. The summed E-state index contributed by atoms with van der Waals surface area (Å²) in [7, 11) is 3.15. The first-order valence-electron chi connectivity index (χ1n) is 5.99. The quantitative estimate of drug-likeness (QED) is 0.508. The molecule has 0 saturated heterocycles. The lowest BCUT2D eigenvalue weighted by molar-refractivity contribution is 0.392. The number of hydrogen-bond acceptors (Lipinski definition) is 2. The number of ether oxygens (including phenoxy) is 2. The highest BCUT2D eigenvalue weighted by Gasteiger charge is 2.20. The van der Waals surface area contributed by atoms with Gasteiger partial charge in [-0.3, -0.25) is 0 Å². The number of halogens is 4. The molecule has 2 rings (SSSR count). The zero-order valence-electron chi connectivity index (χ0n) is 11.3. The molecule has 0 spiro atoms. The summed E-state index contributed by atoms with van der Waals surface area (Å²) in [4.78, 5) is -0.0959. The van der Waals surface area contributed by atoms with Crippen molar-refractivity contribution in [1.29, 1.82) is 0 Å². The first-order valence-corrected chi connectivity index (χ1v) is 8.45. The molecule has 2 aromatic rings. The highest BCUT2D eigenvalue weighted by atomic mass is 79.9. The zero-order chi connectivity index (χ0) is 15.6. The number of alkyl halides is 1. The predicted octanol–water partition coefficient (Wildman–Crippen LogP) is 6.26. The van der Waals surface area contributed by atoms with Crippen LogP contribution in [0.2, 0.25) is 10.0 Å². The summed E-state index contributed by atoms with van der Waals surface area (Å²) in [5.41, 5.74) is 1.91. The molecule has 2 aromatic carbocycles. The van der Waals surface area contributed by atoms with Gasteiger partial charge in [0.15, 0.2) is 0 Å². The standard InChI is InChI=1S/C15H12Br2Cl2O2/c1-20-12-6-4-9(15(21-2)14(12)19)13(17)8-3-5-10(16)11(18)7-8/h3-7,13H,1-2H3. The molecule has 0 saturated carbocycles. The third-order valence-electron chi connectivity index (χ3n) is 3.03. The van der Waals surface area contributed by atoms with E-state index in [0.717, 1.165) is 15.6 Å². The van der Waals surface area contributed by atoms with Crippen molar-refractivity contribution in [2.75, 3.05) is 14.2 Å².